The Kier molecular flexibility index (Phi) is 3.56. The molecule has 1 fully saturated rings. The van der Waals surface area contributed by atoms with E-state index in [4.69, 9.17) is 11.6 Å². The fourth-order valence-corrected chi connectivity index (χ4v) is 3.87. The third-order valence-corrected chi connectivity index (χ3v) is 4.90. The quantitative estimate of drug-likeness (QED) is 0.852. The van der Waals surface area contributed by atoms with Gasteiger partial charge in [0.25, 0.3) is 5.91 Å². The molecule has 2 aromatic rings. The van der Waals surface area contributed by atoms with Crippen molar-refractivity contribution in [2.24, 2.45) is 7.05 Å². The van der Waals surface area contributed by atoms with Crippen LogP contribution in [0.5, 0.6) is 0 Å². The molecule has 4 nitrogen and oxygen atoms in total. The number of amides is 1. The lowest BCUT2D eigenvalue weighted by Crippen LogP contribution is -2.31. The molecular weight excluding hydrogens is 294 g/mol. The Hall–Kier alpha value is -1.33. The molecule has 3 heterocycles. The summed E-state index contributed by atoms with van der Waals surface area (Å²) in [6, 6.07) is 1.83. The highest BCUT2D eigenvalue weighted by Gasteiger charge is 2.33. The Bertz CT molecular complexity index is 649. The summed E-state index contributed by atoms with van der Waals surface area (Å²) < 4.78 is 1.78. The van der Waals surface area contributed by atoms with Crippen LogP contribution >= 0.6 is 22.9 Å². The van der Waals surface area contributed by atoms with Gasteiger partial charge in [-0.1, -0.05) is 11.6 Å². The van der Waals surface area contributed by atoms with E-state index in [0.717, 1.165) is 30.1 Å². The lowest BCUT2D eigenvalue weighted by atomic mass is 10.2. The van der Waals surface area contributed by atoms with Gasteiger partial charge in [-0.05, 0) is 25.8 Å². The minimum Gasteiger partial charge on any atom is -0.345 e. The maximum Gasteiger partial charge on any atom is 0.271 e. The highest BCUT2D eigenvalue weighted by atomic mass is 35.5. The van der Waals surface area contributed by atoms with Gasteiger partial charge in [0.1, 0.15) is 10.7 Å². The van der Waals surface area contributed by atoms with Crippen molar-refractivity contribution in [2.45, 2.75) is 25.8 Å². The minimum absolute atomic E-state index is 0.0368. The molecule has 1 atom stereocenters. The Morgan fingerprint density at radius 2 is 2.35 bits per heavy atom. The summed E-state index contributed by atoms with van der Waals surface area (Å²) in [5.74, 6) is 0.0368. The molecular formula is C14H16ClN3OS. The number of nitrogens with zero attached hydrogens (tertiary/aromatic N) is 3. The van der Waals surface area contributed by atoms with Gasteiger partial charge < -0.3 is 9.47 Å². The number of hydrogen-bond donors (Lipinski definition) is 0. The van der Waals surface area contributed by atoms with Crippen molar-refractivity contribution in [2.75, 3.05) is 6.54 Å². The number of rotatable bonds is 2. The van der Waals surface area contributed by atoms with Gasteiger partial charge in [0, 0.05) is 30.9 Å². The average Bonchev–Trinajstić information content (AvgIpc) is 3.08. The number of carbonyl (C=O) groups is 1. The van der Waals surface area contributed by atoms with Gasteiger partial charge in [0.2, 0.25) is 0 Å². The van der Waals surface area contributed by atoms with Crippen molar-refractivity contribution in [1.29, 1.82) is 0 Å². The van der Waals surface area contributed by atoms with Crippen molar-refractivity contribution in [3.63, 3.8) is 0 Å². The summed E-state index contributed by atoms with van der Waals surface area (Å²) >= 11 is 7.61. The van der Waals surface area contributed by atoms with E-state index >= 15 is 0 Å². The summed E-state index contributed by atoms with van der Waals surface area (Å²) in [7, 11) is 1.84. The summed E-state index contributed by atoms with van der Waals surface area (Å²) in [5.41, 5.74) is 1.65. The molecule has 2 aromatic heterocycles. The third kappa shape index (κ3) is 2.36. The van der Waals surface area contributed by atoms with Gasteiger partial charge in [-0.25, -0.2) is 4.98 Å². The largest absolute Gasteiger partial charge is 0.345 e. The van der Waals surface area contributed by atoms with Gasteiger partial charge in [0.05, 0.1) is 11.1 Å². The summed E-state index contributed by atoms with van der Waals surface area (Å²) in [4.78, 5) is 19.2. The van der Waals surface area contributed by atoms with Crippen LogP contribution in [-0.4, -0.2) is 26.9 Å². The zero-order chi connectivity index (χ0) is 14.3. The van der Waals surface area contributed by atoms with Crippen LogP contribution in [0.15, 0.2) is 17.6 Å². The number of carbonyl (C=O) groups excluding carboxylic acids is 1. The number of halogens is 1. The van der Waals surface area contributed by atoms with Crippen molar-refractivity contribution in [3.05, 3.63) is 39.1 Å². The molecule has 1 aliphatic heterocycles. The second kappa shape index (κ2) is 5.22. The lowest BCUT2D eigenvalue weighted by molar-refractivity contribution is 0.0725. The van der Waals surface area contributed by atoms with Crippen LogP contribution in [0, 0.1) is 6.92 Å². The number of likely N-dealkylation sites (tertiary alicyclic amines) is 1. The van der Waals surface area contributed by atoms with Crippen LogP contribution in [0.4, 0.5) is 0 Å². The topological polar surface area (TPSA) is 38.1 Å². The minimum atomic E-state index is 0.0368. The molecule has 0 spiro atoms. The summed E-state index contributed by atoms with van der Waals surface area (Å²) in [6.07, 6.45) is 3.76. The highest BCUT2D eigenvalue weighted by Crippen LogP contribution is 2.35. The summed E-state index contributed by atoms with van der Waals surface area (Å²) in [5, 5.41) is 3.67. The van der Waals surface area contributed by atoms with E-state index in [2.05, 4.69) is 4.98 Å². The van der Waals surface area contributed by atoms with Crippen LogP contribution in [0.3, 0.4) is 0 Å². The second-order valence-corrected chi connectivity index (χ2v) is 6.46. The zero-order valence-corrected chi connectivity index (χ0v) is 13.0. The number of hydrogen-bond acceptors (Lipinski definition) is 3. The smallest absolute Gasteiger partial charge is 0.271 e. The number of thiazole rings is 1. The first-order valence-electron chi connectivity index (χ1n) is 6.61. The van der Waals surface area contributed by atoms with E-state index in [0.29, 0.717) is 10.7 Å². The average molecular weight is 310 g/mol. The van der Waals surface area contributed by atoms with Crippen molar-refractivity contribution < 1.29 is 4.79 Å². The molecule has 3 rings (SSSR count). The first-order valence-corrected chi connectivity index (χ1v) is 7.87. The Morgan fingerprint density at radius 1 is 1.55 bits per heavy atom. The predicted molar refractivity (Wildman–Crippen MR) is 80.3 cm³/mol. The van der Waals surface area contributed by atoms with E-state index in [1.807, 2.05) is 24.3 Å². The van der Waals surface area contributed by atoms with Gasteiger partial charge >= 0.3 is 0 Å². The van der Waals surface area contributed by atoms with E-state index < -0.39 is 0 Å². The zero-order valence-electron chi connectivity index (χ0n) is 11.5. The van der Waals surface area contributed by atoms with E-state index in [9.17, 15) is 4.79 Å². The predicted octanol–water partition coefficient (Wildman–Crippen LogP) is 3.42. The highest BCUT2D eigenvalue weighted by molar-refractivity contribution is 7.09. The molecule has 20 heavy (non-hydrogen) atoms. The van der Waals surface area contributed by atoms with E-state index in [1.165, 1.54) is 0 Å². The third-order valence-electron chi connectivity index (χ3n) is 3.63. The van der Waals surface area contributed by atoms with Crippen molar-refractivity contribution in [1.82, 2.24) is 14.5 Å². The van der Waals surface area contributed by atoms with Gasteiger partial charge in [-0.2, -0.15) is 0 Å². The van der Waals surface area contributed by atoms with Crippen LogP contribution in [0.25, 0.3) is 0 Å². The summed E-state index contributed by atoms with van der Waals surface area (Å²) in [6.45, 7) is 2.77. The lowest BCUT2D eigenvalue weighted by Gasteiger charge is -2.23. The Morgan fingerprint density at radius 3 is 2.95 bits per heavy atom. The fraction of sp³-hybridized carbons (Fsp3) is 0.429. The molecule has 0 saturated carbocycles. The molecule has 106 valence electrons. The van der Waals surface area contributed by atoms with E-state index in [1.54, 1.807) is 28.2 Å². The molecule has 0 N–H and O–H groups in total. The van der Waals surface area contributed by atoms with Crippen LogP contribution < -0.4 is 0 Å². The Balaban J connectivity index is 1.89. The maximum atomic E-state index is 12.7. The Labute approximate surface area is 127 Å². The standard InChI is InChI=1S/C14H16ClN3OS/c1-9-8-20-13(16-9)11-4-3-5-18(11)14(19)12-6-10(15)7-17(12)2/h6-8,11H,3-5H2,1-2H3. The van der Waals surface area contributed by atoms with Crippen LogP contribution in [0.2, 0.25) is 5.02 Å². The number of aromatic nitrogens is 2. The van der Waals surface area contributed by atoms with Crippen molar-refractivity contribution in [3.8, 4) is 0 Å². The van der Waals surface area contributed by atoms with Crippen LogP contribution in [-0.2, 0) is 7.05 Å². The molecule has 0 bridgehead atoms. The van der Waals surface area contributed by atoms with Gasteiger partial charge in [0.15, 0.2) is 0 Å². The monoisotopic (exact) mass is 309 g/mol. The molecule has 1 unspecified atom stereocenters. The van der Waals surface area contributed by atoms with Crippen LogP contribution in [0.1, 0.15) is 40.1 Å². The molecule has 6 heteroatoms. The van der Waals surface area contributed by atoms with E-state index in [-0.39, 0.29) is 11.9 Å². The molecule has 1 saturated heterocycles. The maximum absolute atomic E-state index is 12.7. The molecule has 0 aliphatic carbocycles. The van der Waals surface area contributed by atoms with Gasteiger partial charge in [-0.3, -0.25) is 4.79 Å². The molecule has 1 aliphatic rings. The second-order valence-electron chi connectivity index (χ2n) is 5.14. The molecule has 1 amide bonds. The first kappa shape index (κ1) is 13.6. The molecule has 0 aromatic carbocycles. The SMILES string of the molecule is Cc1csc(C2CCCN2C(=O)c2cc(Cl)cn2C)n1. The fourth-order valence-electron chi connectivity index (χ4n) is 2.68. The molecule has 0 radical (unpaired) electrons. The van der Waals surface area contributed by atoms with Gasteiger partial charge in [-0.15, -0.1) is 11.3 Å². The number of aryl methyl sites for hydroxylation is 2. The normalized spacial score (nSPS) is 18.8. The van der Waals surface area contributed by atoms with Crippen molar-refractivity contribution >= 4 is 28.8 Å². The first-order chi connectivity index (χ1) is 9.56.